The Kier molecular flexibility index (Phi) is 6.37. The number of nitriles is 1. The highest BCUT2D eigenvalue weighted by Gasteiger charge is 2.50. The summed E-state index contributed by atoms with van der Waals surface area (Å²) >= 11 is 0. The summed E-state index contributed by atoms with van der Waals surface area (Å²) in [4.78, 5) is 17.7. The molecule has 0 N–H and O–H groups in total. The zero-order valence-corrected chi connectivity index (χ0v) is 18.6. The number of rotatable bonds is 7. The third kappa shape index (κ3) is 4.04. The molecule has 5 nitrogen and oxygen atoms in total. The minimum atomic E-state index is -1.56. The highest BCUT2D eigenvalue weighted by Crippen LogP contribution is 2.48. The fourth-order valence-corrected chi connectivity index (χ4v) is 4.55. The number of para-hydroxylation sites is 1. The van der Waals surface area contributed by atoms with E-state index in [-0.39, 0.29) is 6.42 Å². The molecule has 0 amide bonds. The van der Waals surface area contributed by atoms with E-state index in [1.165, 1.54) is 7.11 Å². The van der Waals surface area contributed by atoms with Crippen molar-refractivity contribution in [1.29, 1.82) is 5.26 Å². The van der Waals surface area contributed by atoms with Gasteiger partial charge in [-0.2, -0.15) is 5.26 Å². The molecular formula is C28H24N2O3. The summed E-state index contributed by atoms with van der Waals surface area (Å²) in [5.41, 5.74) is 0.807. The fraction of sp³-hybridized carbons (Fsp3) is 0.179. The smallest absolute Gasteiger partial charge is 0.327 e. The van der Waals surface area contributed by atoms with Crippen molar-refractivity contribution in [2.24, 2.45) is 5.41 Å². The van der Waals surface area contributed by atoms with Gasteiger partial charge in [-0.3, -0.25) is 9.78 Å². The predicted octanol–water partition coefficient (Wildman–Crippen LogP) is 5.30. The second-order valence-electron chi connectivity index (χ2n) is 7.86. The zero-order chi connectivity index (χ0) is 23.3. The van der Waals surface area contributed by atoms with E-state index < -0.39 is 17.3 Å². The van der Waals surface area contributed by atoms with E-state index in [1.807, 2.05) is 72.8 Å². The molecule has 0 saturated carbocycles. The van der Waals surface area contributed by atoms with Gasteiger partial charge in [0.05, 0.1) is 20.3 Å². The summed E-state index contributed by atoms with van der Waals surface area (Å²) in [5.74, 6) is -0.653. The molecular weight excluding hydrogens is 412 g/mol. The minimum absolute atomic E-state index is 0.135. The SMILES string of the molecule is COC(=O)[C@@](C#N)(Cc1cccnc1)[C@@H](c1ccccc1OC)c1cccc2ccccc12. The van der Waals surface area contributed by atoms with Crippen LogP contribution in [0.15, 0.2) is 91.3 Å². The number of nitrogens with zero attached hydrogens (tertiary/aromatic N) is 2. The van der Waals surface area contributed by atoms with Crippen LogP contribution < -0.4 is 4.74 Å². The van der Waals surface area contributed by atoms with Gasteiger partial charge in [0.1, 0.15) is 5.75 Å². The van der Waals surface area contributed by atoms with Crippen LogP contribution in [0.25, 0.3) is 10.8 Å². The normalized spacial score (nSPS) is 13.5. The summed E-state index contributed by atoms with van der Waals surface area (Å²) in [7, 11) is 2.91. The second kappa shape index (κ2) is 9.54. The Labute approximate surface area is 193 Å². The van der Waals surface area contributed by atoms with Gasteiger partial charge in [0.2, 0.25) is 0 Å². The van der Waals surface area contributed by atoms with Gasteiger partial charge >= 0.3 is 5.97 Å². The van der Waals surface area contributed by atoms with Gasteiger partial charge in [-0.05, 0) is 34.0 Å². The van der Waals surface area contributed by atoms with Crippen molar-refractivity contribution < 1.29 is 14.3 Å². The van der Waals surface area contributed by atoms with Crippen LogP contribution in [0.3, 0.4) is 0 Å². The van der Waals surface area contributed by atoms with Gasteiger partial charge in [-0.15, -0.1) is 0 Å². The molecule has 164 valence electrons. The van der Waals surface area contributed by atoms with Crippen molar-refractivity contribution in [3.8, 4) is 11.8 Å². The summed E-state index contributed by atoms with van der Waals surface area (Å²) in [5, 5.41) is 12.6. The number of aromatic nitrogens is 1. The number of hydrogen-bond acceptors (Lipinski definition) is 5. The highest BCUT2D eigenvalue weighted by molar-refractivity contribution is 5.90. The molecule has 4 rings (SSSR count). The van der Waals surface area contributed by atoms with E-state index >= 15 is 0 Å². The molecule has 0 bridgehead atoms. The Hall–Kier alpha value is -4.17. The summed E-state index contributed by atoms with van der Waals surface area (Å²) in [6.45, 7) is 0. The first kappa shape index (κ1) is 22.0. The van der Waals surface area contributed by atoms with Crippen molar-refractivity contribution >= 4 is 16.7 Å². The van der Waals surface area contributed by atoms with Crippen LogP contribution in [0.5, 0.6) is 5.75 Å². The Bertz CT molecular complexity index is 1310. The Morgan fingerprint density at radius 3 is 2.42 bits per heavy atom. The van der Waals surface area contributed by atoms with E-state index in [9.17, 15) is 10.1 Å². The van der Waals surface area contributed by atoms with Crippen LogP contribution in [-0.4, -0.2) is 25.2 Å². The second-order valence-corrected chi connectivity index (χ2v) is 7.86. The molecule has 0 spiro atoms. The summed E-state index contributed by atoms with van der Waals surface area (Å²) in [6, 6.07) is 27.4. The molecule has 0 saturated heterocycles. The molecule has 0 radical (unpaired) electrons. The molecule has 1 heterocycles. The molecule has 4 aromatic rings. The molecule has 0 aliphatic rings. The van der Waals surface area contributed by atoms with Crippen LogP contribution in [-0.2, 0) is 16.0 Å². The quantitative estimate of drug-likeness (QED) is 0.368. The number of methoxy groups -OCH3 is 2. The molecule has 5 heteroatoms. The highest BCUT2D eigenvalue weighted by atomic mass is 16.5. The summed E-state index contributed by atoms with van der Waals surface area (Å²) < 4.78 is 11.0. The van der Waals surface area contributed by atoms with E-state index in [1.54, 1.807) is 25.6 Å². The van der Waals surface area contributed by atoms with Gasteiger partial charge in [-0.1, -0.05) is 66.7 Å². The molecule has 0 unspecified atom stereocenters. The van der Waals surface area contributed by atoms with Gasteiger partial charge in [0.25, 0.3) is 0 Å². The van der Waals surface area contributed by atoms with Crippen molar-refractivity contribution in [1.82, 2.24) is 4.98 Å². The number of pyridine rings is 1. The number of carbonyl (C=O) groups excluding carboxylic acids is 1. The summed E-state index contributed by atoms with van der Waals surface area (Å²) in [6.07, 6.45) is 3.48. The van der Waals surface area contributed by atoms with Crippen molar-refractivity contribution in [2.45, 2.75) is 12.3 Å². The first-order chi connectivity index (χ1) is 16.1. The lowest BCUT2D eigenvalue weighted by molar-refractivity contribution is -0.150. The molecule has 0 fully saturated rings. The number of benzene rings is 3. The van der Waals surface area contributed by atoms with Gasteiger partial charge < -0.3 is 9.47 Å². The van der Waals surface area contributed by atoms with Crippen LogP contribution in [0, 0.1) is 16.7 Å². The number of hydrogen-bond donors (Lipinski definition) is 0. The predicted molar refractivity (Wildman–Crippen MR) is 127 cm³/mol. The lowest BCUT2D eigenvalue weighted by atomic mass is 9.65. The van der Waals surface area contributed by atoms with Crippen LogP contribution in [0.2, 0.25) is 0 Å². The molecule has 0 aliphatic heterocycles. The Morgan fingerprint density at radius 1 is 0.970 bits per heavy atom. The first-order valence-corrected chi connectivity index (χ1v) is 10.6. The maximum absolute atomic E-state index is 13.5. The van der Waals surface area contributed by atoms with Gasteiger partial charge in [-0.25, -0.2) is 0 Å². The van der Waals surface area contributed by atoms with E-state index in [0.29, 0.717) is 5.75 Å². The largest absolute Gasteiger partial charge is 0.496 e. The van der Waals surface area contributed by atoms with Crippen molar-refractivity contribution in [2.75, 3.05) is 14.2 Å². The Morgan fingerprint density at radius 2 is 1.70 bits per heavy atom. The number of esters is 1. The molecule has 33 heavy (non-hydrogen) atoms. The first-order valence-electron chi connectivity index (χ1n) is 10.6. The third-order valence-corrected chi connectivity index (χ3v) is 6.03. The molecule has 1 aromatic heterocycles. The average molecular weight is 437 g/mol. The molecule has 0 aliphatic carbocycles. The van der Waals surface area contributed by atoms with Crippen molar-refractivity contribution in [3.05, 3.63) is 108 Å². The van der Waals surface area contributed by atoms with Crippen molar-refractivity contribution in [3.63, 3.8) is 0 Å². The lowest BCUT2D eigenvalue weighted by Gasteiger charge is -2.35. The Balaban J connectivity index is 2.07. The van der Waals surface area contributed by atoms with E-state index in [0.717, 1.165) is 27.5 Å². The van der Waals surface area contributed by atoms with Gasteiger partial charge in [0.15, 0.2) is 5.41 Å². The number of carbonyl (C=O) groups is 1. The average Bonchev–Trinajstić information content (AvgIpc) is 2.88. The third-order valence-electron chi connectivity index (χ3n) is 6.03. The van der Waals surface area contributed by atoms with E-state index in [4.69, 9.17) is 9.47 Å². The van der Waals surface area contributed by atoms with Crippen LogP contribution >= 0.6 is 0 Å². The van der Waals surface area contributed by atoms with E-state index in [2.05, 4.69) is 11.1 Å². The zero-order valence-electron chi connectivity index (χ0n) is 18.6. The number of fused-ring (bicyclic) bond motifs is 1. The molecule has 3 aromatic carbocycles. The van der Waals surface area contributed by atoms with Crippen LogP contribution in [0.4, 0.5) is 0 Å². The number of ether oxygens (including phenoxy) is 2. The monoisotopic (exact) mass is 436 g/mol. The lowest BCUT2D eigenvalue weighted by Crippen LogP contribution is -2.40. The maximum atomic E-state index is 13.5. The molecule has 2 atom stereocenters. The minimum Gasteiger partial charge on any atom is -0.496 e. The standard InChI is InChI=1S/C28H24N2O3/c1-32-25-15-6-5-13-24(25)26(23-14-7-11-21-10-3-4-12-22(21)23)28(19-29,27(31)33-2)17-20-9-8-16-30-18-20/h3-16,18,26H,17H2,1-2H3/t26-,28-/m1/s1. The fourth-order valence-electron chi connectivity index (χ4n) is 4.55. The van der Waals surface area contributed by atoms with Crippen LogP contribution in [0.1, 0.15) is 22.6 Å². The maximum Gasteiger partial charge on any atom is 0.327 e. The van der Waals surface area contributed by atoms with Gasteiger partial charge in [0, 0.05) is 30.3 Å². The topological polar surface area (TPSA) is 72.2 Å².